The Labute approximate surface area is 143 Å². The fourth-order valence-electron chi connectivity index (χ4n) is 2.95. The molecule has 0 spiro atoms. The fraction of sp³-hybridized carbons (Fsp3) is 0.375. The van der Waals surface area contributed by atoms with Crippen LogP contribution in [-0.2, 0) is 0 Å². The smallest absolute Gasteiger partial charge is 0.214 e. The Morgan fingerprint density at radius 3 is 3.08 bits per heavy atom. The number of fused-ring (bicyclic) bond motifs is 1. The van der Waals surface area contributed by atoms with Gasteiger partial charge in [0.15, 0.2) is 0 Å². The fourth-order valence-corrected chi connectivity index (χ4v) is 3.91. The van der Waals surface area contributed by atoms with Crippen molar-refractivity contribution in [2.75, 3.05) is 23.3 Å². The van der Waals surface area contributed by atoms with E-state index in [1.807, 2.05) is 23.7 Å². The van der Waals surface area contributed by atoms with Crippen LogP contribution in [0.4, 0.5) is 10.9 Å². The lowest BCUT2D eigenvalue weighted by molar-refractivity contribution is 0.526. The highest BCUT2D eigenvalue weighted by atomic mass is 32.1. The lowest BCUT2D eigenvalue weighted by Gasteiger charge is -2.32. The number of pyridine rings is 1. The monoisotopic (exact) mass is 339 g/mol. The molecule has 0 bridgehead atoms. The van der Waals surface area contributed by atoms with Crippen LogP contribution < -0.4 is 10.2 Å². The number of rotatable bonds is 3. The molecule has 1 fully saturated rings. The van der Waals surface area contributed by atoms with E-state index in [0.29, 0.717) is 11.6 Å². The van der Waals surface area contributed by atoms with Crippen LogP contribution in [0.5, 0.6) is 0 Å². The van der Waals surface area contributed by atoms with E-state index in [2.05, 4.69) is 31.4 Å². The molecule has 1 aliphatic rings. The molecule has 24 heavy (non-hydrogen) atoms. The molecule has 0 aliphatic carbocycles. The quantitative estimate of drug-likeness (QED) is 0.789. The van der Waals surface area contributed by atoms with Crippen molar-refractivity contribution in [3.05, 3.63) is 35.8 Å². The summed E-state index contributed by atoms with van der Waals surface area (Å²) >= 11 is 1.63. The first-order valence-corrected chi connectivity index (χ1v) is 8.73. The van der Waals surface area contributed by atoms with Gasteiger partial charge in [0.25, 0.3) is 0 Å². The molecule has 1 atom stereocenters. The molecular weight excluding hydrogens is 322 g/mol. The van der Waals surface area contributed by atoms with Gasteiger partial charge < -0.3 is 10.2 Å². The summed E-state index contributed by atoms with van der Waals surface area (Å²) in [6.07, 6.45) is 5.76. The molecular formula is C16H17N7S. The highest BCUT2D eigenvalue weighted by Crippen LogP contribution is 2.26. The Kier molecular flexibility index (Phi) is 3.78. The molecule has 1 unspecified atom stereocenters. The van der Waals surface area contributed by atoms with E-state index >= 15 is 0 Å². The zero-order chi connectivity index (χ0) is 16.5. The molecule has 122 valence electrons. The molecule has 7 nitrogen and oxygen atoms in total. The van der Waals surface area contributed by atoms with Crippen molar-refractivity contribution in [3.8, 4) is 6.07 Å². The minimum absolute atomic E-state index is 0.317. The lowest BCUT2D eigenvalue weighted by atomic mass is 10.1. The number of hydrogen-bond donors (Lipinski definition) is 1. The average Bonchev–Trinajstić information content (AvgIpc) is 3.13. The van der Waals surface area contributed by atoms with Crippen molar-refractivity contribution in [2.24, 2.45) is 0 Å². The van der Waals surface area contributed by atoms with Gasteiger partial charge in [-0.2, -0.15) is 5.26 Å². The summed E-state index contributed by atoms with van der Waals surface area (Å²) in [6, 6.07) is 6.05. The second kappa shape index (κ2) is 6.09. The van der Waals surface area contributed by atoms with Crippen molar-refractivity contribution < 1.29 is 0 Å². The van der Waals surface area contributed by atoms with E-state index in [1.54, 1.807) is 23.6 Å². The van der Waals surface area contributed by atoms with Crippen LogP contribution in [0.15, 0.2) is 24.5 Å². The van der Waals surface area contributed by atoms with Crippen LogP contribution in [0.3, 0.4) is 0 Å². The summed E-state index contributed by atoms with van der Waals surface area (Å²) in [5, 5.41) is 18.0. The van der Waals surface area contributed by atoms with Gasteiger partial charge in [-0.3, -0.25) is 0 Å². The first-order valence-electron chi connectivity index (χ1n) is 7.92. The summed E-state index contributed by atoms with van der Waals surface area (Å²) in [5.74, 6) is 0.811. The number of aromatic nitrogens is 4. The van der Waals surface area contributed by atoms with Gasteiger partial charge in [-0.25, -0.2) is 14.5 Å². The molecule has 4 rings (SSSR count). The minimum atomic E-state index is 0.317. The first kappa shape index (κ1) is 14.9. The largest absolute Gasteiger partial charge is 0.366 e. The molecule has 0 saturated carbocycles. The molecule has 0 amide bonds. The van der Waals surface area contributed by atoms with E-state index in [4.69, 9.17) is 5.26 Å². The van der Waals surface area contributed by atoms with Gasteiger partial charge in [0, 0.05) is 25.3 Å². The van der Waals surface area contributed by atoms with Crippen molar-refractivity contribution in [1.82, 2.24) is 19.6 Å². The Morgan fingerprint density at radius 1 is 1.42 bits per heavy atom. The Hall–Kier alpha value is -2.66. The summed E-state index contributed by atoms with van der Waals surface area (Å²) in [7, 11) is 0. The molecule has 8 heteroatoms. The molecule has 1 saturated heterocycles. The maximum Gasteiger partial charge on any atom is 0.214 e. The number of nitriles is 1. The van der Waals surface area contributed by atoms with Crippen LogP contribution in [-0.4, -0.2) is 38.7 Å². The highest BCUT2D eigenvalue weighted by Gasteiger charge is 2.23. The van der Waals surface area contributed by atoms with Crippen molar-refractivity contribution in [1.29, 1.82) is 5.26 Å². The zero-order valence-corrected chi connectivity index (χ0v) is 14.1. The summed E-state index contributed by atoms with van der Waals surface area (Å²) in [6.45, 7) is 3.87. The predicted molar refractivity (Wildman–Crippen MR) is 93.4 cm³/mol. The van der Waals surface area contributed by atoms with Crippen molar-refractivity contribution >= 4 is 27.2 Å². The molecule has 1 N–H and O–H groups in total. The average molecular weight is 339 g/mol. The van der Waals surface area contributed by atoms with E-state index in [-0.39, 0.29) is 0 Å². The van der Waals surface area contributed by atoms with Crippen LogP contribution in [0.25, 0.3) is 4.96 Å². The molecule has 3 aromatic heterocycles. The Morgan fingerprint density at radius 2 is 2.33 bits per heavy atom. The van der Waals surface area contributed by atoms with Gasteiger partial charge in [-0.1, -0.05) is 11.3 Å². The molecule has 0 aromatic carbocycles. The minimum Gasteiger partial charge on any atom is -0.366 e. The van der Waals surface area contributed by atoms with Crippen LogP contribution >= 0.6 is 11.3 Å². The number of aryl methyl sites for hydroxylation is 1. The topological polar surface area (TPSA) is 82.1 Å². The van der Waals surface area contributed by atoms with Crippen LogP contribution in [0.2, 0.25) is 0 Å². The number of nitrogens with zero attached hydrogens (tertiary/aromatic N) is 6. The van der Waals surface area contributed by atoms with Gasteiger partial charge in [0.05, 0.1) is 17.5 Å². The SMILES string of the molecule is Cc1cn2nc(N3CCCC(Nc4ccc(C#N)cn4)C3)sc2n1. The number of hydrogen-bond acceptors (Lipinski definition) is 7. The van der Waals surface area contributed by atoms with Crippen molar-refractivity contribution in [2.45, 2.75) is 25.8 Å². The molecule has 0 radical (unpaired) electrons. The lowest BCUT2D eigenvalue weighted by Crippen LogP contribution is -2.42. The normalized spacial score (nSPS) is 17.8. The van der Waals surface area contributed by atoms with Crippen LogP contribution in [0.1, 0.15) is 24.1 Å². The van der Waals surface area contributed by atoms with Gasteiger partial charge in [0.2, 0.25) is 10.1 Å². The van der Waals surface area contributed by atoms with Crippen molar-refractivity contribution in [3.63, 3.8) is 0 Å². The highest BCUT2D eigenvalue weighted by molar-refractivity contribution is 7.20. The first-order chi connectivity index (χ1) is 11.7. The molecule has 4 heterocycles. The number of piperidine rings is 1. The molecule has 3 aromatic rings. The number of nitrogens with one attached hydrogen (secondary N) is 1. The number of anilines is 2. The summed E-state index contributed by atoms with van der Waals surface area (Å²) in [5.41, 5.74) is 1.57. The summed E-state index contributed by atoms with van der Waals surface area (Å²) < 4.78 is 1.86. The van der Waals surface area contributed by atoms with Crippen LogP contribution in [0, 0.1) is 18.3 Å². The maximum atomic E-state index is 8.84. The van der Waals surface area contributed by atoms with E-state index in [0.717, 1.165) is 47.5 Å². The third kappa shape index (κ3) is 2.90. The zero-order valence-electron chi connectivity index (χ0n) is 13.3. The Balaban J connectivity index is 1.46. The Bertz CT molecular complexity index is 858. The third-order valence-electron chi connectivity index (χ3n) is 4.09. The number of imidazole rings is 1. The van der Waals surface area contributed by atoms with E-state index in [9.17, 15) is 0 Å². The van der Waals surface area contributed by atoms with Gasteiger partial charge >= 0.3 is 0 Å². The second-order valence-corrected chi connectivity index (χ2v) is 6.90. The predicted octanol–water partition coefficient (Wildman–Crippen LogP) is 2.45. The van der Waals surface area contributed by atoms with Gasteiger partial charge in [0.1, 0.15) is 11.9 Å². The summed E-state index contributed by atoms with van der Waals surface area (Å²) in [4.78, 5) is 12.0. The second-order valence-electron chi connectivity index (χ2n) is 5.97. The molecule has 1 aliphatic heterocycles. The maximum absolute atomic E-state index is 8.84. The standard InChI is InChI=1S/C16H17N7S/c1-11-9-23-15(19-11)24-16(21-23)22-6-2-3-13(10-22)20-14-5-4-12(7-17)8-18-14/h4-5,8-9,13H,2-3,6,10H2,1H3,(H,18,20). The van der Waals surface area contributed by atoms with Gasteiger partial charge in [-0.15, -0.1) is 5.10 Å². The van der Waals surface area contributed by atoms with E-state index < -0.39 is 0 Å². The van der Waals surface area contributed by atoms with Gasteiger partial charge in [-0.05, 0) is 31.9 Å². The third-order valence-corrected chi connectivity index (χ3v) is 5.07. The van der Waals surface area contributed by atoms with E-state index in [1.165, 1.54) is 0 Å².